The van der Waals surface area contributed by atoms with Gasteiger partial charge in [0.2, 0.25) is 5.89 Å². The third-order valence-corrected chi connectivity index (χ3v) is 5.16. The molecule has 2 aromatic heterocycles. The Morgan fingerprint density at radius 2 is 2.12 bits per heavy atom. The summed E-state index contributed by atoms with van der Waals surface area (Å²) in [5, 5.41) is 5.03. The summed E-state index contributed by atoms with van der Waals surface area (Å²) in [6, 6.07) is 7.95. The van der Waals surface area contributed by atoms with Gasteiger partial charge in [-0.3, -0.25) is 4.90 Å². The Bertz CT molecular complexity index is 856. The molecular formula is C18H20N4O2S. The number of ether oxygens (including phenoxy) is 1. The maximum absolute atomic E-state index is 5.42. The molecule has 0 radical (unpaired) electrons. The molecule has 0 unspecified atom stereocenters. The minimum Gasteiger partial charge on any atom is -0.496 e. The van der Waals surface area contributed by atoms with Crippen molar-refractivity contribution in [3.63, 3.8) is 0 Å². The first-order valence-corrected chi connectivity index (χ1v) is 9.13. The molecule has 4 rings (SSSR count). The smallest absolute Gasteiger partial charge is 0.240 e. The lowest BCUT2D eigenvalue weighted by Crippen LogP contribution is -2.16. The molecule has 0 amide bonds. The van der Waals surface area contributed by atoms with Crippen LogP contribution in [0.15, 0.2) is 35.0 Å². The second-order valence-corrected chi connectivity index (χ2v) is 7.44. The topological polar surface area (TPSA) is 64.3 Å². The molecule has 0 N–H and O–H groups in total. The van der Waals surface area contributed by atoms with Gasteiger partial charge in [-0.2, -0.15) is 4.98 Å². The lowest BCUT2D eigenvalue weighted by molar-refractivity contribution is 0.261. The molecule has 7 heteroatoms. The van der Waals surface area contributed by atoms with E-state index in [1.807, 2.05) is 37.5 Å². The van der Waals surface area contributed by atoms with Crippen LogP contribution in [0.1, 0.15) is 35.4 Å². The number of aromatic nitrogens is 3. The first-order chi connectivity index (χ1) is 12.2. The third kappa shape index (κ3) is 3.72. The van der Waals surface area contributed by atoms with Gasteiger partial charge in [-0.05, 0) is 32.0 Å². The molecule has 25 heavy (non-hydrogen) atoms. The van der Waals surface area contributed by atoms with Gasteiger partial charge in [-0.1, -0.05) is 17.3 Å². The SMILES string of the molecule is COc1ccccc1-c1ncc(CN(C)Cc2nc(C3CC3)no2)s1. The van der Waals surface area contributed by atoms with E-state index < -0.39 is 0 Å². The highest BCUT2D eigenvalue weighted by Gasteiger charge is 2.28. The van der Waals surface area contributed by atoms with Crippen molar-refractivity contribution in [3.8, 4) is 16.3 Å². The van der Waals surface area contributed by atoms with E-state index in [1.54, 1.807) is 18.4 Å². The fourth-order valence-corrected chi connectivity index (χ4v) is 3.74. The minimum atomic E-state index is 0.521. The second-order valence-electron chi connectivity index (χ2n) is 6.32. The van der Waals surface area contributed by atoms with E-state index in [1.165, 1.54) is 17.7 Å². The lowest BCUT2D eigenvalue weighted by Gasteiger charge is -2.11. The van der Waals surface area contributed by atoms with Gasteiger partial charge in [0.15, 0.2) is 5.82 Å². The van der Waals surface area contributed by atoms with Crippen molar-refractivity contribution in [1.29, 1.82) is 0 Å². The Hall–Kier alpha value is -2.25. The van der Waals surface area contributed by atoms with Crippen molar-refractivity contribution in [3.05, 3.63) is 47.1 Å². The Labute approximate surface area is 150 Å². The monoisotopic (exact) mass is 356 g/mol. The van der Waals surface area contributed by atoms with Crippen molar-refractivity contribution in [2.45, 2.75) is 31.8 Å². The zero-order valence-corrected chi connectivity index (χ0v) is 15.1. The number of thiazole rings is 1. The molecule has 1 aromatic carbocycles. The summed E-state index contributed by atoms with van der Waals surface area (Å²) >= 11 is 1.68. The first-order valence-electron chi connectivity index (χ1n) is 8.32. The van der Waals surface area contributed by atoms with E-state index in [4.69, 9.17) is 9.26 Å². The molecule has 3 aromatic rings. The van der Waals surface area contributed by atoms with Gasteiger partial charge in [-0.15, -0.1) is 11.3 Å². The van der Waals surface area contributed by atoms with Crippen LogP contribution in [0.25, 0.3) is 10.6 Å². The van der Waals surface area contributed by atoms with Crippen molar-refractivity contribution < 1.29 is 9.26 Å². The van der Waals surface area contributed by atoms with E-state index in [0.29, 0.717) is 18.4 Å². The van der Waals surface area contributed by atoms with Crippen LogP contribution in [0.3, 0.4) is 0 Å². The Kier molecular flexibility index (Phi) is 4.50. The summed E-state index contributed by atoms with van der Waals surface area (Å²) in [7, 11) is 3.73. The predicted octanol–water partition coefficient (Wildman–Crippen LogP) is 3.71. The highest BCUT2D eigenvalue weighted by molar-refractivity contribution is 7.15. The van der Waals surface area contributed by atoms with Crippen LogP contribution >= 0.6 is 11.3 Å². The molecule has 0 atom stereocenters. The highest BCUT2D eigenvalue weighted by Crippen LogP contribution is 2.38. The van der Waals surface area contributed by atoms with Gasteiger partial charge >= 0.3 is 0 Å². The third-order valence-electron chi connectivity index (χ3n) is 4.15. The van der Waals surface area contributed by atoms with Gasteiger partial charge in [0.05, 0.1) is 19.2 Å². The zero-order chi connectivity index (χ0) is 17.2. The van der Waals surface area contributed by atoms with Crippen LogP contribution in [0, 0.1) is 0 Å². The van der Waals surface area contributed by atoms with Gasteiger partial charge in [0, 0.05) is 23.5 Å². The Balaban J connectivity index is 1.41. The number of nitrogens with zero attached hydrogens (tertiary/aromatic N) is 4. The average molecular weight is 356 g/mol. The van der Waals surface area contributed by atoms with Crippen LogP contribution in [-0.4, -0.2) is 34.2 Å². The summed E-state index contributed by atoms with van der Waals surface area (Å²) < 4.78 is 10.8. The number of hydrogen-bond acceptors (Lipinski definition) is 7. The molecular weight excluding hydrogens is 336 g/mol. The molecule has 1 saturated carbocycles. The fraction of sp³-hybridized carbons (Fsp3) is 0.389. The minimum absolute atomic E-state index is 0.521. The van der Waals surface area contributed by atoms with Gasteiger partial charge < -0.3 is 9.26 Å². The summed E-state index contributed by atoms with van der Waals surface area (Å²) in [5.41, 5.74) is 1.02. The lowest BCUT2D eigenvalue weighted by atomic mass is 10.2. The van der Waals surface area contributed by atoms with E-state index >= 15 is 0 Å². The Morgan fingerprint density at radius 3 is 2.92 bits per heavy atom. The molecule has 0 spiro atoms. The molecule has 1 aliphatic rings. The number of methoxy groups -OCH3 is 1. The number of rotatable bonds is 7. The summed E-state index contributed by atoms with van der Waals surface area (Å²) in [5.74, 6) is 2.90. The van der Waals surface area contributed by atoms with Gasteiger partial charge in [0.1, 0.15) is 10.8 Å². The molecule has 130 valence electrons. The first kappa shape index (κ1) is 16.2. The van der Waals surface area contributed by atoms with E-state index in [0.717, 1.165) is 28.7 Å². The highest BCUT2D eigenvalue weighted by atomic mass is 32.1. The van der Waals surface area contributed by atoms with Gasteiger partial charge in [0.25, 0.3) is 0 Å². The largest absolute Gasteiger partial charge is 0.496 e. The van der Waals surface area contributed by atoms with Crippen molar-refractivity contribution in [1.82, 2.24) is 20.0 Å². The predicted molar refractivity (Wildman–Crippen MR) is 95.5 cm³/mol. The van der Waals surface area contributed by atoms with Gasteiger partial charge in [-0.25, -0.2) is 4.98 Å². The molecule has 6 nitrogen and oxygen atoms in total. The average Bonchev–Trinajstić information content (AvgIpc) is 3.20. The van der Waals surface area contributed by atoms with Crippen LogP contribution in [0.4, 0.5) is 0 Å². The molecule has 0 saturated heterocycles. The molecule has 1 aliphatic carbocycles. The van der Waals surface area contributed by atoms with Crippen molar-refractivity contribution in [2.24, 2.45) is 0 Å². The molecule has 0 bridgehead atoms. The van der Waals surface area contributed by atoms with Crippen molar-refractivity contribution in [2.75, 3.05) is 14.2 Å². The number of para-hydroxylation sites is 1. The normalized spacial score (nSPS) is 14.2. The zero-order valence-electron chi connectivity index (χ0n) is 14.3. The number of hydrogen-bond donors (Lipinski definition) is 0. The molecule has 2 heterocycles. The van der Waals surface area contributed by atoms with E-state index in [-0.39, 0.29) is 0 Å². The van der Waals surface area contributed by atoms with E-state index in [2.05, 4.69) is 20.0 Å². The van der Waals surface area contributed by atoms with Crippen LogP contribution in [0.2, 0.25) is 0 Å². The maximum Gasteiger partial charge on any atom is 0.240 e. The maximum atomic E-state index is 5.42. The fourth-order valence-electron chi connectivity index (χ4n) is 2.72. The Morgan fingerprint density at radius 1 is 1.28 bits per heavy atom. The quantitative estimate of drug-likeness (QED) is 0.643. The molecule has 1 fully saturated rings. The molecule has 0 aliphatic heterocycles. The second kappa shape index (κ2) is 6.93. The standard InChI is InChI=1S/C18H20N4O2S/c1-22(11-16-20-17(21-24-16)12-7-8-12)10-13-9-19-18(25-13)14-5-3-4-6-15(14)23-2/h3-6,9,12H,7-8,10-11H2,1-2H3. The summed E-state index contributed by atoms with van der Waals surface area (Å²) in [4.78, 5) is 12.4. The van der Waals surface area contributed by atoms with Crippen molar-refractivity contribution >= 4 is 11.3 Å². The number of benzene rings is 1. The summed E-state index contributed by atoms with van der Waals surface area (Å²) in [6.45, 7) is 1.43. The summed E-state index contributed by atoms with van der Waals surface area (Å²) in [6.07, 6.45) is 4.29. The van der Waals surface area contributed by atoms with Crippen LogP contribution < -0.4 is 4.74 Å². The van der Waals surface area contributed by atoms with Crippen LogP contribution in [0.5, 0.6) is 5.75 Å². The van der Waals surface area contributed by atoms with E-state index in [9.17, 15) is 0 Å². The van der Waals surface area contributed by atoms with Crippen LogP contribution in [-0.2, 0) is 13.1 Å².